The van der Waals surface area contributed by atoms with E-state index >= 15 is 0 Å². The van der Waals surface area contributed by atoms with Crippen LogP contribution < -0.4 is 11.1 Å². The summed E-state index contributed by atoms with van der Waals surface area (Å²) in [6.07, 6.45) is 0.804. The highest BCUT2D eigenvalue weighted by Crippen LogP contribution is 2.18. The lowest BCUT2D eigenvalue weighted by molar-refractivity contribution is -0.114. The Balaban J connectivity index is 1.99. The molecule has 0 aliphatic rings. The number of thiophene rings is 1. The van der Waals surface area contributed by atoms with Crippen molar-refractivity contribution >= 4 is 33.7 Å². The molecule has 0 aliphatic heterocycles. The number of thiazole rings is 1. The Labute approximate surface area is 101 Å². The summed E-state index contributed by atoms with van der Waals surface area (Å²) in [5.41, 5.74) is 7.41. The molecule has 0 radical (unpaired) electrons. The van der Waals surface area contributed by atoms with Crippen molar-refractivity contribution in [2.45, 2.75) is 6.42 Å². The molecule has 0 saturated carbocycles. The molecule has 2 aromatic heterocycles. The minimum atomic E-state index is -0.212. The smallest absolute Gasteiger partial charge is 0.239 e. The van der Waals surface area contributed by atoms with E-state index in [4.69, 9.17) is 5.73 Å². The third-order valence-electron chi connectivity index (χ3n) is 1.95. The van der Waals surface area contributed by atoms with Crippen LogP contribution >= 0.6 is 22.7 Å². The third kappa shape index (κ3) is 2.88. The first kappa shape index (κ1) is 11.3. The average Bonchev–Trinajstić information content (AvgIpc) is 2.91. The summed E-state index contributed by atoms with van der Waals surface area (Å²) in [4.78, 5) is 15.3. The van der Waals surface area contributed by atoms with Gasteiger partial charge in [-0.2, -0.15) is 11.3 Å². The van der Waals surface area contributed by atoms with Gasteiger partial charge in [-0.05, 0) is 22.4 Å². The van der Waals surface area contributed by atoms with E-state index in [2.05, 4.69) is 21.7 Å². The molecule has 0 saturated heterocycles. The van der Waals surface area contributed by atoms with Gasteiger partial charge in [0.2, 0.25) is 5.91 Å². The number of nitrogens with one attached hydrogen (secondary N) is 1. The highest BCUT2D eigenvalue weighted by molar-refractivity contribution is 7.14. The predicted molar refractivity (Wildman–Crippen MR) is 66.9 cm³/mol. The number of hydrogen-bond acceptors (Lipinski definition) is 5. The van der Waals surface area contributed by atoms with Gasteiger partial charge in [0.15, 0.2) is 5.13 Å². The van der Waals surface area contributed by atoms with Crippen molar-refractivity contribution < 1.29 is 4.79 Å². The largest absolute Gasteiger partial charge is 0.322 e. The average molecular weight is 253 g/mol. The molecular weight excluding hydrogens is 242 g/mol. The van der Waals surface area contributed by atoms with Crippen LogP contribution in [0, 0.1) is 0 Å². The number of rotatable bonds is 4. The van der Waals surface area contributed by atoms with E-state index in [1.54, 1.807) is 11.3 Å². The Morgan fingerprint density at radius 2 is 2.38 bits per heavy atom. The lowest BCUT2D eigenvalue weighted by Gasteiger charge is -1.96. The van der Waals surface area contributed by atoms with Gasteiger partial charge in [0.25, 0.3) is 0 Å². The molecule has 6 heteroatoms. The van der Waals surface area contributed by atoms with Gasteiger partial charge in [-0.25, -0.2) is 4.98 Å². The Hall–Kier alpha value is -1.24. The monoisotopic (exact) mass is 253 g/mol. The molecule has 0 spiro atoms. The predicted octanol–water partition coefficient (Wildman–Crippen LogP) is 1.69. The van der Waals surface area contributed by atoms with Crippen molar-refractivity contribution in [2.75, 3.05) is 11.9 Å². The van der Waals surface area contributed by atoms with E-state index in [9.17, 15) is 4.79 Å². The molecule has 0 atom stereocenters. The van der Waals surface area contributed by atoms with Gasteiger partial charge in [0, 0.05) is 11.8 Å². The molecular formula is C10H11N3OS2. The lowest BCUT2D eigenvalue weighted by atomic mass is 10.2. The third-order valence-corrected chi connectivity index (χ3v) is 3.49. The van der Waals surface area contributed by atoms with E-state index in [1.165, 1.54) is 16.9 Å². The first-order valence-corrected chi connectivity index (χ1v) is 6.55. The Morgan fingerprint density at radius 1 is 1.50 bits per heavy atom. The number of nitrogens with zero attached hydrogens (tertiary/aromatic N) is 1. The van der Waals surface area contributed by atoms with Crippen LogP contribution in [-0.2, 0) is 11.2 Å². The standard InChI is InChI=1S/C10H11N3OS2/c11-4-9(14)13-10-12-8(6-16-10)3-7-1-2-15-5-7/h1-2,5-6H,3-4,11H2,(H,12,13,14). The molecule has 0 fully saturated rings. The van der Waals surface area contributed by atoms with Crippen LogP contribution in [0.4, 0.5) is 5.13 Å². The van der Waals surface area contributed by atoms with Gasteiger partial charge in [-0.1, -0.05) is 0 Å². The van der Waals surface area contributed by atoms with Crippen molar-refractivity contribution in [1.82, 2.24) is 4.98 Å². The Morgan fingerprint density at radius 3 is 3.06 bits per heavy atom. The number of anilines is 1. The molecule has 3 N–H and O–H groups in total. The SMILES string of the molecule is NCC(=O)Nc1nc(Cc2ccsc2)cs1. The van der Waals surface area contributed by atoms with E-state index in [-0.39, 0.29) is 12.5 Å². The van der Waals surface area contributed by atoms with Gasteiger partial charge < -0.3 is 11.1 Å². The molecule has 4 nitrogen and oxygen atoms in total. The topological polar surface area (TPSA) is 68.0 Å². The maximum Gasteiger partial charge on any atom is 0.239 e. The minimum absolute atomic E-state index is 0.0144. The first-order chi connectivity index (χ1) is 7.78. The number of carbonyl (C=O) groups is 1. The number of nitrogens with two attached hydrogens (primary N) is 1. The summed E-state index contributed by atoms with van der Waals surface area (Å²) in [7, 11) is 0. The van der Waals surface area contributed by atoms with E-state index in [0.717, 1.165) is 12.1 Å². The Kier molecular flexibility index (Phi) is 3.66. The second-order valence-corrected chi connectivity index (χ2v) is 4.84. The summed E-state index contributed by atoms with van der Waals surface area (Å²) in [6, 6.07) is 2.07. The van der Waals surface area contributed by atoms with Crippen molar-refractivity contribution in [3.05, 3.63) is 33.5 Å². The normalized spacial score (nSPS) is 10.3. The molecule has 0 aromatic carbocycles. The van der Waals surface area contributed by atoms with Gasteiger partial charge >= 0.3 is 0 Å². The zero-order valence-electron chi connectivity index (χ0n) is 8.47. The number of hydrogen-bond donors (Lipinski definition) is 2. The van der Waals surface area contributed by atoms with Crippen LogP contribution in [0.2, 0.25) is 0 Å². The van der Waals surface area contributed by atoms with Crippen molar-refractivity contribution in [3.8, 4) is 0 Å². The summed E-state index contributed by atoms with van der Waals surface area (Å²) >= 11 is 3.09. The fourth-order valence-corrected chi connectivity index (χ4v) is 2.61. The van der Waals surface area contributed by atoms with Crippen molar-refractivity contribution in [3.63, 3.8) is 0 Å². The zero-order chi connectivity index (χ0) is 11.4. The minimum Gasteiger partial charge on any atom is -0.322 e. The number of aromatic nitrogens is 1. The van der Waals surface area contributed by atoms with E-state index in [1.807, 2.05) is 10.8 Å². The Bertz CT molecular complexity index is 464. The highest BCUT2D eigenvalue weighted by atomic mass is 32.1. The quantitative estimate of drug-likeness (QED) is 0.871. The molecule has 16 heavy (non-hydrogen) atoms. The molecule has 2 heterocycles. The number of carbonyl (C=O) groups excluding carboxylic acids is 1. The number of amides is 1. The molecule has 2 rings (SSSR count). The molecule has 1 amide bonds. The molecule has 0 bridgehead atoms. The molecule has 0 unspecified atom stereocenters. The van der Waals surface area contributed by atoms with Crippen LogP contribution in [0.5, 0.6) is 0 Å². The van der Waals surface area contributed by atoms with Crippen LogP contribution in [-0.4, -0.2) is 17.4 Å². The fraction of sp³-hybridized carbons (Fsp3) is 0.200. The van der Waals surface area contributed by atoms with Crippen molar-refractivity contribution in [1.29, 1.82) is 0 Å². The van der Waals surface area contributed by atoms with Gasteiger partial charge in [-0.3, -0.25) is 4.79 Å². The van der Waals surface area contributed by atoms with Crippen LogP contribution in [0.25, 0.3) is 0 Å². The van der Waals surface area contributed by atoms with Gasteiger partial charge in [-0.15, -0.1) is 11.3 Å². The van der Waals surface area contributed by atoms with Crippen molar-refractivity contribution in [2.24, 2.45) is 5.73 Å². The second kappa shape index (κ2) is 5.20. The van der Waals surface area contributed by atoms with Crippen LogP contribution in [0.3, 0.4) is 0 Å². The zero-order valence-corrected chi connectivity index (χ0v) is 10.1. The van der Waals surface area contributed by atoms with E-state index in [0.29, 0.717) is 5.13 Å². The summed E-state index contributed by atoms with van der Waals surface area (Å²) in [6.45, 7) is -0.0144. The summed E-state index contributed by atoms with van der Waals surface area (Å²) < 4.78 is 0. The first-order valence-electron chi connectivity index (χ1n) is 4.73. The van der Waals surface area contributed by atoms with Crippen LogP contribution in [0.15, 0.2) is 22.2 Å². The maximum absolute atomic E-state index is 11.0. The van der Waals surface area contributed by atoms with Gasteiger partial charge in [0.05, 0.1) is 12.2 Å². The molecule has 2 aromatic rings. The lowest BCUT2D eigenvalue weighted by Crippen LogP contribution is -2.21. The summed E-state index contributed by atoms with van der Waals surface area (Å²) in [5.74, 6) is -0.212. The van der Waals surface area contributed by atoms with Crippen LogP contribution in [0.1, 0.15) is 11.3 Å². The van der Waals surface area contributed by atoms with E-state index < -0.39 is 0 Å². The molecule has 0 aliphatic carbocycles. The second-order valence-electron chi connectivity index (χ2n) is 3.20. The molecule has 84 valence electrons. The fourth-order valence-electron chi connectivity index (χ4n) is 1.22. The maximum atomic E-state index is 11.0. The summed E-state index contributed by atoms with van der Waals surface area (Å²) in [5, 5.41) is 9.33. The van der Waals surface area contributed by atoms with Gasteiger partial charge in [0.1, 0.15) is 0 Å². The highest BCUT2D eigenvalue weighted by Gasteiger charge is 2.05.